The summed E-state index contributed by atoms with van der Waals surface area (Å²) in [6.45, 7) is 4.13. The fourth-order valence-corrected chi connectivity index (χ4v) is 3.54. The minimum Gasteiger partial charge on any atom is -0.496 e. The van der Waals surface area contributed by atoms with Gasteiger partial charge in [-0.05, 0) is 37.9 Å². The maximum absolute atomic E-state index is 12.5. The van der Waals surface area contributed by atoms with Crippen molar-refractivity contribution in [3.05, 3.63) is 29.6 Å². The largest absolute Gasteiger partial charge is 0.496 e. The number of ether oxygens (including phenoxy) is 3. The van der Waals surface area contributed by atoms with Gasteiger partial charge < -0.3 is 24.8 Å². The number of methoxy groups -OCH3 is 1. The lowest BCUT2D eigenvalue weighted by molar-refractivity contribution is 0.0945. The third-order valence-electron chi connectivity index (χ3n) is 5.00. The molecule has 2 aliphatic heterocycles. The summed E-state index contributed by atoms with van der Waals surface area (Å²) in [6.07, 6.45) is 4.04. The predicted octanol–water partition coefficient (Wildman–Crippen LogP) is 0.987. The molecule has 0 unspecified atom stereocenters. The molecular weight excluding hydrogens is 362 g/mol. The van der Waals surface area contributed by atoms with Gasteiger partial charge in [-0.25, -0.2) is 0 Å². The highest BCUT2D eigenvalue weighted by molar-refractivity contribution is 5.91. The van der Waals surface area contributed by atoms with Crippen molar-refractivity contribution in [2.75, 3.05) is 33.4 Å². The van der Waals surface area contributed by atoms with Gasteiger partial charge in [0.15, 0.2) is 17.2 Å². The number of fused-ring (bicyclic) bond motifs is 1. The third kappa shape index (κ3) is 4.19. The standard InChI is InChI=1S/C19H25N5O4/c1-26-16-8-18-17(27-5-6-28-18)7-14(16)10-21-19(25)15-12-24(23-22-15)11-13-3-2-4-20-9-13/h7-8,12-13,20H,2-6,9-11H2,1H3,(H,21,25)/t13-/m1/s1. The molecule has 9 heteroatoms. The number of carbonyl (C=O) groups is 1. The summed E-state index contributed by atoms with van der Waals surface area (Å²) in [5, 5.41) is 14.4. The quantitative estimate of drug-likeness (QED) is 0.762. The molecule has 0 bridgehead atoms. The van der Waals surface area contributed by atoms with E-state index in [4.69, 9.17) is 14.2 Å². The summed E-state index contributed by atoms with van der Waals surface area (Å²) in [5.41, 5.74) is 1.11. The SMILES string of the molecule is COc1cc2c(cc1CNC(=O)c1cn(C[C@@H]3CCCNC3)nn1)OCCO2. The van der Waals surface area contributed by atoms with Crippen LogP contribution in [-0.2, 0) is 13.1 Å². The van der Waals surface area contributed by atoms with E-state index in [1.807, 2.05) is 6.07 Å². The third-order valence-corrected chi connectivity index (χ3v) is 5.00. The van der Waals surface area contributed by atoms with Crippen LogP contribution in [0.3, 0.4) is 0 Å². The van der Waals surface area contributed by atoms with Crippen LogP contribution in [0, 0.1) is 5.92 Å². The molecule has 1 atom stereocenters. The Morgan fingerprint density at radius 3 is 2.93 bits per heavy atom. The Kier molecular flexibility index (Phi) is 5.61. The highest BCUT2D eigenvalue weighted by Crippen LogP contribution is 2.36. The van der Waals surface area contributed by atoms with E-state index in [9.17, 15) is 4.79 Å². The molecule has 2 N–H and O–H groups in total. The van der Waals surface area contributed by atoms with Crippen molar-refractivity contribution >= 4 is 5.91 Å². The number of nitrogens with one attached hydrogen (secondary N) is 2. The first-order chi connectivity index (χ1) is 13.7. The summed E-state index contributed by atoms with van der Waals surface area (Å²) >= 11 is 0. The molecule has 9 nitrogen and oxygen atoms in total. The maximum Gasteiger partial charge on any atom is 0.273 e. The van der Waals surface area contributed by atoms with Gasteiger partial charge in [-0.3, -0.25) is 9.48 Å². The van der Waals surface area contributed by atoms with Crippen LogP contribution in [-0.4, -0.2) is 54.3 Å². The molecule has 2 aromatic rings. The second-order valence-electron chi connectivity index (χ2n) is 7.03. The van der Waals surface area contributed by atoms with Crippen molar-refractivity contribution in [3.8, 4) is 17.2 Å². The minimum atomic E-state index is -0.273. The Hall–Kier alpha value is -2.81. The van der Waals surface area contributed by atoms with E-state index >= 15 is 0 Å². The zero-order valence-corrected chi connectivity index (χ0v) is 15.9. The van der Waals surface area contributed by atoms with Crippen LogP contribution >= 0.6 is 0 Å². The van der Waals surface area contributed by atoms with Gasteiger partial charge in [0.2, 0.25) is 0 Å². The molecule has 3 heterocycles. The van der Waals surface area contributed by atoms with Gasteiger partial charge in [-0.2, -0.15) is 0 Å². The Bertz CT molecular complexity index is 832. The van der Waals surface area contributed by atoms with Crippen molar-refractivity contribution in [1.29, 1.82) is 0 Å². The topological polar surface area (TPSA) is 99.5 Å². The number of nitrogens with zero attached hydrogens (tertiary/aromatic N) is 3. The highest BCUT2D eigenvalue weighted by atomic mass is 16.6. The maximum atomic E-state index is 12.5. The Morgan fingerprint density at radius 1 is 1.36 bits per heavy atom. The van der Waals surface area contributed by atoms with E-state index in [-0.39, 0.29) is 12.5 Å². The molecule has 0 aliphatic carbocycles. The van der Waals surface area contributed by atoms with E-state index in [1.165, 1.54) is 6.42 Å². The minimum absolute atomic E-state index is 0.273. The molecule has 1 aromatic carbocycles. The smallest absolute Gasteiger partial charge is 0.273 e. The number of benzene rings is 1. The van der Waals surface area contributed by atoms with E-state index in [2.05, 4.69) is 20.9 Å². The summed E-state index contributed by atoms with van der Waals surface area (Å²) < 4.78 is 18.3. The van der Waals surface area contributed by atoms with Crippen LogP contribution in [0.15, 0.2) is 18.3 Å². The molecule has 0 spiro atoms. The normalized spacial score (nSPS) is 18.5. The molecule has 0 radical (unpaired) electrons. The molecular formula is C19H25N5O4. The van der Waals surface area contributed by atoms with Crippen LogP contribution < -0.4 is 24.8 Å². The van der Waals surface area contributed by atoms with Crippen molar-refractivity contribution in [3.63, 3.8) is 0 Å². The second-order valence-corrected chi connectivity index (χ2v) is 7.03. The van der Waals surface area contributed by atoms with Gasteiger partial charge >= 0.3 is 0 Å². The van der Waals surface area contributed by atoms with E-state index in [0.29, 0.717) is 42.1 Å². The number of rotatable bonds is 6. The lowest BCUT2D eigenvalue weighted by Gasteiger charge is -2.22. The number of carbonyl (C=O) groups excluding carboxylic acids is 1. The number of piperidine rings is 1. The average molecular weight is 387 g/mol. The molecule has 1 aromatic heterocycles. The number of aromatic nitrogens is 3. The molecule has 1 amide bonds. The van der Waals surface area contributed by atoms with Gasteiger partial charge in [0, 0.05) is 24.7 Å². The molecule has 150 valence electrons. The summed E-state index contributed by atoms with van der Waals surface area (Å²) in [7, 11) is 1.59. The summed E-state index contributed by atoms with van der Waals surface area (Å²) in [4.78, 5) is 12.5. The van der Waals surface area contributed by atoms with E-state index < -0.39 is 0 Å². The van der Waals surface area contributed by atoms with Crippen LogP contribution in [0.25, 0.3) is 0 Å². The number of hydrogen-bond donors (Lipinski definition) is 2. The fraction of sp³-hybridized carbons (Fsp3) is 0.526. The van der Waals surface area contributed by atoms with Crippen molar-refractivity contribution < 1.29 is 19.0 Å². The molecule has 0 saturated carbocycles. The van der Waals surface area contributed by atoms with Crippen molar-refractivity contribution in [2.24, 2.45) is 5.92 Å². The van der Waals surface area contributed by atoms with Gasteiger partial charge in [-0.1, -0.05) is 5.21 Å². The van der Waals surface area contributed by atoms with Crippen LogP contribution in [0.4, 0.5) is 0 Å². The molecule has 2 aliphatic rings. The number of amides is 1. The molecule has 28 heavy (non-hydrogen) atoms. The number of hydrogen-bond acceptors (Lipinski definition) is 7. The lowest BCUT2D eigenvalue weighted by Crippen LogP contribution is -2.32. The first kappa shape index (κ1) is 18.5. The van der Waals surface area contributed by atoms with E-state index in [1.54, 1.807) is 24.1 Å². The van der Waals surface area contributed by atoms with Crippen LogP contribution in [0.5, 0.6) is 17.2 Å². The Labute approximate surface area is 163 Å². The van der Waals surface area contributed by atoms with Gasteiger partial charge in [-0.15, -0.1) is 5.10 Å². The van der Waals surface area contributed by atoms with Crippen LogP contribution in [0.2, 0.25) is 0 Å². The summed E-state index contributed by atoms with van der Waals surface area (Å²) in [5.74, 6) is 2.19. The highest BCUT2D eigenvalue weighted by Gasteiger charge is 2.19. The monoisotopic (exact) mass is 387 g/mol. The fourth-order valence-electron chi connectivity index (χ4n) is 3.54. The van der Waals surface area contributed by atoms with Gasteiger partial charge in [0.05, 0.1) is 13.3 Å². The van der Waals surface area contributed by atoms with Gasteiger partial charge in [0.1, 0.15) is 19.0 Å². The Balaban J connectivity index is 1.38. The molecule has 1 fully saturated rings. The first-order valence-corrected chi connectivity index (χ1v) is 9.58. The second kappa shape index (κ2) is 8.47. The van der Waals surface area contributed by atoms with Gasteiger partial charge in [0.25, 0.3) is 5.91 Å². The summed E-state index contributed by atoms with van der Waals surface area (Å²) in [6, 6.07) is 3.62. The predicted molar refractivity (Wildman–Crippen MR) is 101 cm³/mol. The van der Waals surface area contributed by atoms with Crippen LogP contribution in [0.1, 0.15) is 28.9 Å². The molecule has 4 rings (SSSR count). The van der Waals surface area contributed by atoms with Crippen molar-refractivity contribution in [2.45, 2.75) is 25.9 Å². The zero-order chi connectivity index (χ0) is 19.3. The van der Waals surface area contributed by atoms with E-state index in [0.717, 1.165) is 31.6 Å². The lowest BCUT2D eigenvalue weighted by atomic mass is 10.00. The van der Waals surface area contributed by atoms with Crippen molar-refractivity contribution in [1.82, 2.24) is 25.6 Å². The molecule has 1 saturated heterocycles. The zero-order valence-electron chi connectivity index (χ0n) is 15.9. The first-order valence-electron chi connectivity index (χ1n) is 9.58. The Morgan fingerprint density at radius 2 is 2.18 bits per heavy atom. The average Bonchev–Trinajstić information content (AvgIpc) is 3.20.